The second-order valence-corrected chi connectivity index (χ2v) is 4.62. The van der Waals surface area contributed by atoms with Gasteiger partial charge >= 0.3 is 0 Å². The van der Waals surface area contributed by atoms with E-state index in [-0.39, 0.29) is 12.1 Å². The average molecular weight is 262 g/mol. The minimum absolute atomic E-state index is 0.0763. The van der Waals surface area contributed by atoms with E-state index in [2.05, 4.69) is 5.32 Å². The monoisotopic (exact) mass is 261 g/mol. The van der Waals surface area contributed by atoms with Gasteiger partial charge in [0, 0.05) is 12.6 Å². The number of nitrogens with one attached hydrogen (secondary N) is 1. The van der Waals surface area contributed by atoms with Gasteiger partial charge in [0.2, 0.25) is 0 Å². The Labute approximate surface area is 107 Å². The van der Waals surface area contributed by atoms with Gasteiger partial charge in [-0.1, -0.05) is 42.3 Å². The fourth-order valence-corrected chi connectivity index (χ4v) is 1.89. The van der Waals surface area contributed by atoms with Gasteiger partial charge in [0.1, 0.15) is 0 Å². The molecule has 0 saturated heterocycles. The normalized spacial score (nSPS) is 14.8. The number of halogens is 2. The van der Waals surface area contributed by atoms with Crippen molar-refractivity contribution in [1.29, 1.82) is 0 Å². The summed E-state index contributed by atoms with van der Waals surface area (Å²) in [5, 5.41) is 13.8. The van der Waals surface area contributed by atoms with Gasteiger partial charge in [0.05, 0.1) is 16.1 Å². The molecular weight excluding hydrogens is 245 g/mol. The van der Waals surface area contributed by atoms with Crippen LogP contribution in [0.5, 0.6) is 0 Å². The van der Waals surface area contributed by atoms with Crippen LogP contribution in [0.1, 0.15) is 31.9 Å². The SMILES string of the molecule is CC[C@@H](O)CNC(C)c1cccc(Cl)c1Cl. The minimum Gasteiger partial charge on any atom is -0.392 e. The predicted molar refractivity (Wildman–Crippen MR) is 69.2 cm³/mol. The third-order valence-corrected chi connectivity index (χ3v) is 3.41. The van der Waals surface area contributed by atoms with E-state index in [9.17, 15) is 5.11 Å². The summed E-state index contributed by atoms with van der Waals surface area (Å²) >= 11 is 12.0. The van der Waals surface area contributed by atoms with Crippen LogP contribution in [-0.2, 0) is 0 Å². The van der Waals surface area contributed by atoms with Crippen molar-refractivity contribution in [2.75, 3.05) is 6.54 Å². The number of benzene rings is 1. The number of hydrogen-bond acceptors (Lipinski definition) is 2. The third kappa shape index (κ3) is 3.63. The Hall–Kier alpha value is -0.280. The number of rotatable bonds is 5. The van der Waals surface area contributed by atoms with Gasteiger partial charge in [0.15, 0.2) is 0 Å². The molecule has 0 aliphatic rings. The molecule has 0 aliphatic heterocycles. The smallest absolute Gasteiger partial charge is 0.0662 e. The minimum atomic E-state index is -0.319. The standard InChI is InChI=1S/C12H17Cl2NO/c1-3-9(16)7-15-8(2)10-5-4-6-11(13)12(10)14/h4-6,8-9,15-16H,3,7H2,1-2H3/t8?,9-/m1/s1. The van der Waals surface area contributed by atoms with Crippen LogP contribution in [0.15, 0.2) is 18.2 Å². The fourth-order valence-electron chi connectivity index (χ4n) is 1.42. The van der Waals surface area contributed by atoms with Crippen molar-refractivity contribution in [1.82, 2.24) is 5.32 Å². The summed E-state index contributed by atoms with van der Waals surface area (Å²) in [4.78, 5) is 0. The topological polar surface area (TPSA) is 32.3 Å². The molecule has 2 nitrogen and oxygen atoms in total. The van der Waals surface area contributed by atoms with Gasteiger partial charge in [-0.05, 0) is 25.0 Å². The van der Waals surface area contributed by atoms with Crippen molar-refractivity contribution in [3.05, 3.63) is 33.8 Å². The van der Waals surface area contributed by atoms with Crippen molar-refractivity contribution in [2.45, 2.75) is 32.4 Å². The Kier molecular flexibility index (Phi) is 5.56. The maximum Gasteiger partial charge on any atom is 0.0662 e. The second-order valence-electron chi connectivity index (χ2n) is 3.84. The molecule has 2 atom stereocenters. The van der Waals surface area contributed by atoms with Gasteiger partial charge < -0.3 is 10.4 Å². The molecular formula is C12H17Cl2NO. The van der Waals surface area contributed by atoms with Crippen molar-refractivity contribution >= 4 is 23.2 Å². The highest BCUT2D eigenvalue weighted by atomic mass is 35.5. The first-order chi connectivity index (χ1) is 7.56. The molecule has 0 aromatic heterocycles. The molecule has 0 amide bonds. The zero-order valence-corrected chi connectivity index (χ0v) is 11.0. The molecule has 0 radical (unpaired) electrons. The third-order valence-electron chi connectivity index (χ3n) is 2.58. The van der Waals surface area contributed by atoms with Gasteiger partial charge in [-0.25, -0.2) is 0 Å². The van der Waals surface area contributed by atoms with E-state index in [0.29, 0.717) is 16.6 Å². The number of aliphatic hydroxyl groups excluding tert-OH is 1. The van der Waals surface area contributed by atoms with E-state index in [1.165, 1.54) is 0 Å². The molecule has 4 heteroatoms. The van der Waals surface area contributed by atoms with Crippen LogP contribution in [0.25, 0.3) is 0 Å². The lowest BCUT2D eigenvalue weighted by Crippen LogP contribution is -2.28. The summed E-state index contributed by atoms with van der Waals surface area (Å²) in [5.74, 6) is 0. The summed E-state index contributed by atoms with van der Waals surface area (Å²) in [7, 11) is 0. The Morgan fingerprint density at radius 1 is 1.38 bits per heavy atom. The van der Waals surface area contributed by atoms with E-state index >= 15 is 0 Å². The second kappa shape index (κ2) is 6.45. The Balaban J connectivity index is 2.66. The van der Waals surface area contributed by atoms with Gasteiger partial charge in [-0.3, -0.25) is 0 Å². The van der Waals surface area contributed by atoms with Crippen LogP contribution in [0.3, 0.4) is 0 Å². The fraction of sp³-hybridized carbons (Fsp3) is 0.500. The van der Waals surface area contributed by atoms with Crippen LogP contribution in [0.2, 0.25) is 10.0 Å². The molecule has 2 N–H and O–H groups in total. The molecule has 0 aliphatic carbocycles. The number of hydrogen-bond donors (Lipinski definition) is 2. The van der Waals surface area contributed by atoms with Crippen LogP contribution >= 0.6 is 23.2 Å². The lowest BCUT2D eigenvalue weighted by molar-refractivity contribution is 0.164. The van der Waals surface area contributed by atoms with Crippen LogP contribution in [0.4, 0.5) is 0 Å². The van der Waals surface area contributed by atoms with Gasteiger partial charge in [-0.2, -0.15) is 0 Å². The summed E-state index contributed by atoms with van der Waals surface area (Å²) < 4.78 is 0. The lowest BCUT2D eigenvalue weighted by Gasteiger charge is -2.18. The summed E-state index contributed by atoms with van der Waals surface area (Å²) in [6.07, 6.45) is 0.420. The molecule has 0 fully saturated rings. The maximum absolute atomic E-state index is 9.46. The van der Waals surface area contributed by atoms with Crippen LogP contribution in [-0.4, -0.2) is 17.8 Å². The molecule has 1 aromatic carbocycles. The highest BCUT2D eigenvalue weighted by Gasteiger charge is 2.12. The van der Waals surface area contributed by atoms with Crippen molar-refractivity contribution in [3.63, 3.8) is 0 Å². The summed E-state index contributed by atoms with van der Waals surface area (Å²) in [6, 6.07) is 5.65. The molecule has 1 rings (SSSR count). The molecule has 90 valence electrons. The van der Waals surface area contributed by atoms with E-state index in [1.807, 2.05) is 26.0 Å². The number of aliphatic hydroxyl groups is 1. The molecule has 16 heavy (non-hydrogen) atoms. The predicted octanol–water partition coefficient (Wildman–Crippen LogP) is 3.41. The van der Waals surface area contributed by atoms with Gasteiger partial charge in [0.25, 0.3) is 0 Å². The van der Waals surface area contributed by atoms with Crippen LogP contribution in [0, 0.1) is 0 Å². The van der Waals surface area contributed by atoms with Crippen molar-refractivity contribution < 1.29 is 5.11 Å². The summed E-state index contributed by atoms with van der Waals surface area (Å²) in [5.41, 5.74) is 0.956. The zero-order chi connectivity index (χ0) is 12.1. The molecule has 0 bridgehead atoms. The van der Waals surface area contributed by atoms with Gasteiger partial charge in [-0.15, -0.1) is 0 Å². The molecule has 1 unspecified atom stereocenters. The quantitative estimate of drug-likeness (QED) is 0.852. The highest BCUT2D eigenvalue weighted by Crippen LogP contribution is 2.29. The van der Waals surface area contributed by atoms with E-state index < -0.39 is 0 Å². The Morgan fingerprint density at radius 2 is 2.06 bits per heavy atom. The molecule has 0 spiro atoms. The molecule has 0 saturated carbocycles. The zero-order valence-electron chi connectivity index (χ0n) is 9.50. The van der Waals surface area contributed by atoms with E-state index in [0.717, 1.165) is 12.0 Å². The first kappa shape index (κ1) is 13.8. The maximum atomic E-state index is 9.46. The Bertz CT molecular complexity index is 344. The molecule has 0 heterocycles. The first-order valence-electron chi connectivity index (χ1n) is 5.41. The van der Waals surface area contributed by atoms with Crippen molar-refractivity contribution in [3.8, 4) is 0 Å². The average Bonchev–Trinajstić information content (AvgIpc) is 2.29. The lowest BCUT2D eigenvalue weighted by atomic mass is 10.1. The van der Waals surface area contributed by atoms with Crippen LogP contribution < -0.4 is 5.32 Å². The Morgan fingerprint density at radius 3 is 2.69 bits per heavy atom. The largest absolute Gasteiger partial charge is 0.392 e. The van der Waals surface area contributed by atoms with E-state index in [4.69, 9.17) is 23.2 Å². The van der Waals surface area contributed by atoms with Crippen molar-refractivity contribution in [2.24, 2.45) is 0 Å². The molecule has 1 aromatic rings. The highest BCUT2D eigenvalue weighted by molar-refractivity contribution is 6.42. The summed E-state index contributed by atoms with van der Waals surface area (Å²) in [6.45, 7) is 4.50. The first-order valence-corrected chi connectivity index (χ1v) is 6.17. The van der Waals surface area contributed by atoms with E-state index in [1.54, 1.807) is 6.07 Å².